The van der Waals surface area contributed by atoms with Crippen LogP contribution in [0.3, 0.4) is 0 Å². The molecule has 1 fully saturated rings. The van der Waals surface area contributed by atoms with E-state index in [1.165, 1.54) is 13.2 Å². The highest BCUT2D eigenvalue weighted by molar-refractivity contribution is 6.03. The molecule has 0 amide bonds. The van der Waals surface area contributed by atoms with E-state index >= 15 is 0 Å². The number of Topliss-reactive ketones (excluding diaryl/α,β-unsaturated/α-hetero) is 1. The molecule has 1 aliphatic carbocycles. The van der Waals surface area contributed by atoms with Crippen LogP contribution in [0.4, 0.5) is 45.2 Å². The topological polar surface area (TPSA) is 59.0 Å². The number of hydrogen-bond donors (Lipinski definition) is 1. The number of methoxy groups -OCH3 is 1. The van der Waals surface area contributed by atoms with Crippen LogP contribution < -0.4 is 9.64 Å². The van der Waals surface area contributed by atoms with Gasteiger partial charge in [0.1, 0.15) is 5.75 Å². The SMILES string of the molecule is COc1cc2c(cc1N1CCOCC1)CC(CC/C(=C\C=C(/C)C(F)(F)F)C(O)(C(F)(F)F)C(F)(F)F)C2=O. The van der Waals surface area contributed by atoms with Crippen molar-refractivity contribution in [1.82, 2.24) is 0 Å². The summed E-state index contributed by atoms with van der Waals surface area (Å²) in [5.74, 6) is -1.27. The number of alkyl halides is 9. The van der Waals surface area contributed by atoms with Crippen molar-refractivity contribution < 1.29 is 58.9 Å². The third-order valence-corrected chi connectivity index (χ3v) is 6.89. The zero-order valence-electron chi connectivity index (χ0n) is 20.9. The van der Waals surface area contributed by atoms with E-state index in [9.17, 15) is 49.4 Å². The van der Waals surface area contributed by atoms with Gasteiger partial charge in [-0.3, -0.25) is 4.79 Å². The number of ketones is 1. The molecule has 1 atom stereocenters. The van der Waals surface area contributed by atoms with Gasteiger partial charge in [-0.25, -0.2) is 0 Å². The Kier molecular flexibility index (Phi) is 8.71. The molecule has 1 aromatic carbocycles. The molecule has 218 valence electrons. The molecule has 1 N–H and O–H groups in total. The fourth-order valence-corrected chi connectivity index (χ4v) is 4.60. The van der Waals surface area contributed by atoms with Crippen LogP contribution >= 0.6 is 0 Å². The number of carbonyl (C=O) groups is 1. The summed E-state index contributed by atoms with van der Waals surface area (Å²) in [6.45, 7) is 2.41. The maximum Gasteiger partial charge on any atom is 0.430 e. The van der Waals surface area contributed by atoms with Crippen LogP contribution in [0.25, 0.3) is 0 Å². The van der Waals surface area contributed by atoms with Crippen molar-refractivity contribution in [3.05, 3.63) is 46.6 Å². The Morgan fingerprint density at radius 2 is 1.64 bits per heavy atom. The van der Waals surface area contributed by atoms with Crippen molar-refractivity contribution in [3.63, 3.8) is 0 Å². The van der Waals surface area contributed by atoms with Crippen molar-refractivity contribution in [2.24, 2.45) is 5.92 Å². The van der Waals surface area contributed by atoms with Crippen molar-refractivity contribution in [2.45, 2.75) is 50.3 Å². The van der Waals surface area contributed by atoms with Crippen LogP contribution in [0.1, 0.15) is 35.7 Å². The number of rotatable bonds is 7. The standard InChI is InChI=1S/C25H26F9NO4/c1-14(23(26,27)28)3-5-17(22(37,24(29,30)31)25(32,33)34)6-4-15-11-16-12-19(35-7-9-39-10-8-35)20(38-2)13-18(16)21(15)36/h3,5,12-13,15,37H,4,6-11H2,1-2H3/b14-3+,17-5+. The lowest BCUT2D eigenvalue weighted by Gasteiger charge is -2.35. The molecule has 14 heteroatoms. The van der Waals surface area contributed by atoms with Crippen LogP contribution in [-0.4, -0.2) is 68.4 Å². The average Bonchev–Trinajstić information content (AvgIpc) is 3.15. The van der Waals surface area contributed by atoms with Crippen LogP contribution in [-0.2, 0) is 11.2 Å². The van der Waals surface area contributed by atoms with E-state index in [1.807, 2.05) is 4.90 Å². The first kappa shape index (κ1) is 30.8. The van der Waals surface area contributed by atoms with E-state index in [2.05, 4.69) is 0 Å². The monoisotopic (exact) mass is 575 g/mol. The second-order valence-electron chi connectivity index (χ2n) is 9.33. The van der Waals surface area contributed by atoms with E-state index < -0.39 is 59.8 Å². The fourth-order valence-electron chi connectivity index (χ4n) is 4.60. The number of carbonyl (C=O) groups excluding carboxylic acids is 1. The lowest BCUT2D eigenvalue weighted by Crippen LogP contribution is -2.58. The number of morpholine rings is 1. The molecule has 0 aromatic heterocycles. The zero-order valence-corrected chi connectivity index (χ0v) is 20.9. The molecule has 1 heterocycles. The van der Waals surface area contributed by atoms with Gasteiger partial charge in [-0.15, -0.1) is 0 Å². The highest BCUT2D eigenvalue weighted by atomic mass is 19.4. The molecule has 1 aliphatic heterocycles. The Bertz CT molecular complexity index is 1120. The lowest BCUT2D eigenvalue weighted by atomic mass is 9.85. The summed E-state index contributed by atoms with van der Waals surface area (Å²) >= 11 is 0. The maximum atomic E-state index is 13.6. The van der Waals surface area contributed by atoms with Crippen LogP contribution in [0.5, 0.6) is 5.75 Å². The number of benzene rings is 1. The minimum atomic E-state index is -6.29. The van der Waals surface area contributed by atoms with Gasteiger partial charge in [-0.1, -0.05) is 12.2 Å². The molecule has 0 bridgehead atoms. The summed E-state index contributed by atoms with van der Waals surface area (Å²) < 4.78 is 131. The highest BCUT2D eigenvalue weighted by Gasteiger charge is 2.72. The molecular weight excluding hydrogens is 549 g/mol. The number of aliphatic hydroxyl groups is 1. The molecule has 1 unspecified atom stereocenters. The fraction of sp³-hybridized carbons (Fsp3) is 0.560. The zero-order chi connectivity index (χ0) is 29.4. The average molecular weight is 575 g/mol. The lowest BCUT2D eigenvalue weighted by molar-refractivity contribution is -0.352. The minimum Gasteiger partial charge on any atom is -0.495 e. The molecule has 5 nitrogen and oxygen atoms in total. The Labute approximate surface area is 217 Å². The Morgan fingerprint density at radius 1 is 1.05 bits per heavy atom. The van der Waals surface area contributed by atoms with Crippen molar-refractivity contribution in [2.75, 3.05) is 38.3 Å². The predicted molar refractivity (Wildman–Crippen MR) is 122 cm³/mol. The van der Waals surface area contributed by atoms with E-state index in [-0.39, 0.29) is 24.1 Å². The molecule has 0 saturated carbocycles. The molecule has 1 aromatic rings. The predicted octanol–water partition coefficient (Wildman–Crippen LogP) is 5.96. The van der Waals surface area contributed by atoms with Gasteiger partial charge in [0.05, 0.1) is 26.0 Å². The first-order valence-corrected chi connectivity index (χ1v) is 11.8. The number of fused-ring (bicyclic) bond motifs is 1. The minimum absolute atomic E-state index is 0.0172. The Morgan fingerprint density at radius 3 is 2.15 bits per heavy atom. The van der Waals surface area contributed by atoms with Crippen LogP contribution in [0.15, 0.2) is 35.4 Å². The van der Waals surface area contributed by atoms with Crippen LogP contribution in [0.2, 0.25) is 0 Å². The molecule has 3 rings (SSSR count). The van der Waals surface area contributed by atoms with Crippen molar-refractivity contribution >= 4 is 11.5 Å². The van der Waals surface area contributed by atoms with Crippen molar-refractivity contribution in [3.8, 4) is 5.75 Å². The van der Waals surface area contributed by atoms with Crippen LogP contribution in [0, 0.1) is 5.92 Å². The van der Waals surface area contributed by atoms with Gasteiger partial charge in [0, 0.05) is 30.1 Å². The van der Waals surface area contributed by atoms with E-state index in [4.69, 9.17) is 9.47 Å². The normalized spacial score (nSPS) is 19.9. The number of ether oxygens (including phenoxy) is 2. The second-order valence-corrected chi connectivity index (χ2v) is 9.33. The third kappa shape index (κ3) is 6.21. The molecular formula is C25H26F9NO4. The molecule has 39 heavy (non-hydrogen) atoms. The second kappa shape index (κ2) is 11.0. The van der Waals surface area contributed by atoms with Gasteiger partial charge in [0.25, 0.3) is 5.60 Å². The largest absolute Gasteiger partial charge is 0.495 e. The quantitative estimate of drug-likeness (QED) is 0.322. The van der Waals surface area contributed by atoms with E-state index in [0.717, 1.165) is 0 Å². The number of nitrogens with zero attached hydrogens (tertiary/aromatic N) is 1. The molecule has 2 aliphatic rings. The summed E-state index contributed by atoms with van der Waals surface area (Å²) in [5, 5.41) is 9.88. The first-order valence-electron chi connectivity index (χ1n) is 11.8. The van der Waals surface area contributed by atoms with Crippen molar-refractivity contribution in [1.29, 1.82) is 0 Å². The Hall–Kier alpha value is -2.74. The summed E-state index contributed by atoms with van der Waals surface area (Å²) in [6.07, 6.45) is -19.3. The molecule has 0 radical (unpaired) electrons. The van der Waals surface area contributed by atoms with Gasteiger partial charge in [-0.05, 0) is 49.5 Å². The molecule has 1 saturated heterocycles. The van der Waals surface area contributed by atoms with Gasteiger partial charge >= 0.3 is 18.5 Å². The smallest absolute Gasteiger partial charge is 0.430 e. The maximum absolute atomic E-state index is 13.6. The van der Waals surface area contributed by atoms with Gasteiger partial charge in [0.15, 0.2) is 5.78 Å². The number of allylic oxidation sites excluding steroid dienone is 3. The Balaban J connectivity index is 1.94. The van der Waals surface area contributed by atoms with Gasteiger partial charge < -0.3 is 19.5 Å². The molecule has 0 spiro atoms. The van der Waals surface area contributed by atoms with E-state index in [0.29, 0.717) is 50.2 Å². The van der Waals surface area contributed by atoms with Gasteiger partial charge in [0.2, 0.25) is 0 Å². The number of hydrogen-bond acceptors (Lipinski definition) is 5. The van der Waals surface area contributed by atoms with Gasteiger partial charge in [-0.2, -0.15) is 39.5 Å². The summed E-state index contributed by atoms with van der Waals surface area (Å²) in [6, 6.07) is 3.13. The highest BCUT2D eigenvalue weighted by Crippen LogP contribution is 2.49. The van der Waals surface area contributed by atoms with E-state index in [1.54, 1.807) is 6.07 Å². The number of anilines is 1. The third-order valence-electron chi connectivity index (χ3n) is 6.89. The summed E-state index contributed by atoms with van der Waals surface area (Å²) in [4.78, 5) is 15.0. The number of halogens is 9. The first-order chi connectivity index (χ1) is 17.9. The summed E-state index contributed by atoms with van der Waals surface area (Å²) in [5.41, 5.74) is -7.30. The summed E-state index contributed by atoms with van der Waals surface area (Å²) in [7, 11) is 1.38.